The molecule has 3 heteroatoms. The van der Waals surface area contributed by atoms with Crippen LogP contribution in [0.15, 0.2) is 54.6 Å². The molecule has 0 radical (unpaired) electrons. The molecule has 1 amide bonds. The minimum absolute atomic E-state index is 0.0427. The van der Waals surface area contributed by atoms with Crippen molar-refractivity contribution in [2.24, 2.45) is 5.73 Å². The van der Waals surface area contributed by atoms with Crippen LogP contribution >= 0.6 is 0 Å². The Morgan fingerprint density at radius 3 is 2.43 bits per heavy atom. The fourth-order valence-corrected chi connectivity index (χ4v) is 2.41. The lowest BCUT2D eigenvalue weighted by atomic mass is 10.0. The lowest BCUT2D eigenvalue weighted by molar-refractivity contribution is 0.0937. The largest absolute Gasteiger partial charge is 0.348 e. The Labute approximate surface area is 126 Å². The molecule has 2 aromatic carbocycles. The number of aryl methyl sites for hydroxylation is 1. The highest BCUT2D eigenvalue weighted by Crippen LogP contribution is 2.10. The number of amides is 1. The maximum Gasteiger partial charge on any atom is 0.251 e. The van der Waals surface area contributed by atoms with E-state index in [1.165, 1.54) is 5.56 Å². The van der Waals surface area contributed by atoms with Gasteiger partial charge in [0.25, 0.3) is 5.91 Å². The van der Waals surface area contributed by atoms with E-state index in [9.17, 15) is 4.79 Å². The molecule has 0 aromatic heterocycles. The number of carbonyl (C=O) groups is 1. The molecule has 1 atom stereocenters. The second kappa shape index (κ2) is 7.60. The first-order chi connectivity index (χ1) is 10.2. The van der Waals surface area contributed by atoms with Gasteiger partial charge < -0.3 is 11.1 Å². The van der Waals surface area contributed by atoms with E-state index in [1.54, 1.807) is 0 Å². The zero-order valence-corrected chi connectivity index (χ0v) is 12.4. The van der Waals surface area contributed by atoms with Gasteiger partial charge in [0.1, 0.15) is 0 Å². The Morgan fingerprint density at radius 1 is 1.10 bits per heavy atom. The van der Waals surface area contributed by atoms with Crippen LogP contribution in [0.2, 0.25) is 0 Å². The average molecular weight is 282 g/mol. The molecular formula is C18H22N2O. The molecule has 3 N–H and O–H groups in total. The van der Waals surface area contributed by atoms with Gasteiger partial charge in [-0.3, -0.25) is 4.79 Å². The summed E-state index contributed by atoms with van der Waals surface area (Å²) in [5.41, 5.74) is 8.78. The predicted octanol–water partition coefficient (Wildman–Crippen LogP) is 2.55. The smallest absolute Gasteiger partial charge is 0.251 e. The third-order valence-electron chi connectivity index (χ3n) is 3.59. The molecule has 0 aliphatic carbocycles. The average Bonchev–Trinajstić information content (AvgIpc) is 2.55. The van der Waals surface area contributed by atoms with Crippen molar-refractivity contribution in [3.05, 3.63) is 71.3 Å². The van der Waals surface area contributed by atoms with E-state index in [2.05, 4.69) is 24.4 Å². The van der Waals surface area contributed by atoms with Gasteiger partial charge in [0.05, 0.1) is 0 Å². The fourth-order valence-electron chi connectivity index (χ4n) is 2.41. The van der Waals surface area contributed by atoms with E-state index in [1.807, 2.05) is 42.5 Å². The highest BCUT2D eigenvalue weighted by atomic mass is 16.1. The monoisotopic (exact) mass is 282 g/mol. The summed E-state index contributed by atoms with van der Waals surface area (Å²) < 4.78 is 0. The zero-order chi connectivity index (χ0) is 15.1. The van der Waals surface area contributed by atoms with Crippen LogP contribution in [0.5, 0.6) is 0 Å². The zero-order valence-electron chi connectivity index (χ0n) is 12.4. The van der Waals surface area contributed by atoms with E-state index < -0.39 is 0 Å². The molecule has 2 rings (SSSR count). The van der Waals surface area contributed by atoms with Gasteiger partial charge in [0, 0.05) is 18.2 Å². The van der Waals surface area contributed by atoms with Crippen molar-refractivity contribution in [3.8, 4) is 0 Å². The predicted molar refractivity (Wildman–Crippen MR) is 86.3 cm³/mol. The summed E-state index contributed by atoms with van der Waals surface area (Å²) in [5, 5.41) is 3.04. The van der Waals surface area contributed by atoms with Gasteiger partial charge in [-0.1, -0.05) is 55.5 Å². The van der Waals surface area contributed by atoms with Gasteiger partial charge in [-0.2, -0.15) is 0 Å². The maximum atomic E-state index is 12.4. The van der Waals surface area contributed by atoms with Crippen molar-refractivity contribution in [1.29, 1.82) is 0 Å². The van der Waals surface area contributed by atoms with Crippen LogP contribution in [0.25, 0.3) is 0 Å². The summed E-state index contributed by atoms with van der Waals surface area (Å²) in [6, 6.07) is 17.7. The maximum absolute atomic E-state index is 12.4. The molecule has 0 aliphatic heterocycles. The van der Waals surface area contributed by atoms with Crippen molar-refractivity contribution < 1.29 is 4.79 Å². The summed E-state index contributed by atoms with van der Waals surface area (Å²) >= 11 is 0. The van der Waals surface area contributed by atoms with Crippen molar-refractivity contribution in [2.75, 3.05) is 6.54 Å². The van der Waals surface area contributed by atoms with Crippen LogP contribution in [0.1, 0.15) is 28.4 Å². The quantitative estimate of drug-likeness (QED) is 0.855. The van der Waals surface area contributed by atoms with E-state index in [0.29, 0.717) is 6.54 Å². The first-order valence-corrected chi connectivity index (χ1v) is 7.37. The molecule has 2 aromatic rings. The van der Waals surface area contributed by atoms with Crippen molar-refractivity contribution in [3.63, 3.8) is 0 Å². The standard InChI is InChI=1S/C18H22N2O/c1-2-15-10-6-7-11-17(15)18(21)20-16(13-19)12-14-8-4-3-5-9-14/h3-11,16H,2,12-13,19H2,1H3,(H,20,21). The van der Waals surface area contributed by atoms with Crippen molar-refractivity contribution in [1.82, 2.24) is 5.32 Å². The van der Waals surface area contributed by atoms with Crippen LogP contribution in [0, 0.1) is 0 Å². The van der Waals surface area contributed by atoms with Gasteiger partial charge in [-0.25, -0.2) is 0 Å². The minimum atomic E-state index is -0.0511. The molecule has 0 bridgehead atoms. The normalized spacial score (nSPS) is 11.9. The Morgan fingerprint density at radius 2 is 1.76 bits per heavy atom. The minimum Gasteiger partial charge on any atom is -0.348 e. The second-order valence-corrected chi connectivity index (χ2v) is 5.11. The topological polar surface area (TPSA) is 55.1 Å². The lowest BCUT2D eigenvalue weighted by Crippen LogP contribution is -2.42. The molecule has 0 saturated carbocycles. The number of hydrogen-bond donors (Lipinski definition) is 2. The molecule has 0 saturated heterocycles. The number of nitrogens with one attached hydrogen (secondary N) is 1. The van der Waals surface area contributed by atoms with Gasteiger partial charge in [-0.05, 0) is 30.0 Å². The first-order valence-electron chi connectivity index (χ1n) is 7.37. The second-order valence-electron chi connectivity index (χ2n) is 5.11. The number of hydrogen-bond acceptors (Lipinski definition) is 2. The summed E-state index contributed by atoms with van der Waals surface area (Å²) in [5.74, 6) is -0.0427. The molecule has 0 fully saturated rings. The molecule has 3 nitrogen and oxygen atoms in total. The van der Waals surface area contributed by atoms with Crippen LogP contribution in [-0.4, -0.2) is 18.5 Å². The van der Waals surface area contributed by atoms with Crippen LogP contribution in [0.3, 0.4) is 0 Å². The molecule has 110 valence electrons. The van der Waals surface area contributed by atoms with E-state index in [-0.39, 0.29) is 11.9 Å². The third kappa shape index (κ3) is 4.17. The Hall–Kier alpha value is -2.13. The van der Waals surface area contributed by atoms with Gasteiger partial charge in [-0.15, -0.1) is 0 Å². The van der Waals surface area contributed by atoms with Crippen molar-refractivity contribution >= 4 is 5.91 Å². The van der Waals surface area contributed by atoms with Crippen LogP contribution < -0.4 is 11.1 Å². The Bertz CT molecular complexity index is 581. The fraction of sp³-hybridized carbons (Fsp3) is 0.278. The summed E-state index contributed by atoms with van der Waals surface area (Å²) in [4.78, 5) is 12.4. The SMILES string of the molecule is CCc1ccccc1C(=O)NC(CN)Cc1ccccc1. The molecule has 21 heavy (non-hydrogen) atoms. The number of carbonyl (C=O) groups excluding carboxylic acids is 1. The number of nitrogens with two attached hydrogens (primary N) is 1. The Kier molecular flexibility index (Phi) is 5.52. The molecule has 1 unspecified atom stereocenters. The third-order valence-corrected chi connectivity index (χ3v) is 3.59. The van der Waals surface area contributed by atoms with Crippen LogP contribution in [-0.2, 0) is 12.8 Å². The number of benzene rings is 2. The van der Waals surface area contributed by atoms with E-state index >= 15 is 0 Å². The van der Waals surface area contributed by atoms with Crippen molar-refractivity contribution in [2.45, 2.75) is 25.8 Å². The van der Waals surface area contributed by atoms with Gasteiger partial charge in [0.2, 0.25) is 0 Å². The first kappa shape index (κ1) is 15.3. The highest BCUT2D eigenvalue weighted by Gasteiger charge is 2.15. The summed E-state index contributed by atoms with van der Waals surface area (Å²) in [7, 11) is 0. The number of rotatable bonds is 6. The lowest BCUT2D eigenvalue weighted by Gasteiger charge is -2.18. The Balaban J connectivity index is 2.06. The van der Waals surface area contributed by atoms with Crippen LogP contribution in [0.4, 0.5) is 0 Å². The molecule has 0 aliphatic rings. The molecular weight excluding hydrogens is 260 g/mol. The highest BCUT2D eigenvalue weighted by molar-refractivity contribution is 5.95. The van der Waals surface area contributed by atoms with E-state index in [4.69, 9.17) is 5.73 Å². The van der Waals surface area contributed by atoms with Gasteiger partial charge >= 0.3 is 0 Å². The summed E-state index contributed by atoms with van der Waals surface area (Å²) in [6.07, 6.45) is 1.59. The summed E-state index contributed by atoms with van der Waals surface area (Å²) in [6.45, 7) is 2.48. The molecule has 0 heterocycles. The molecule has 0 spiro atoms. The van der Waals surface area contributed by atoms with E-state index in [0.717, 1.165) is 24.0 Å². The van der Waals surface area contributed by atoms with Gasteiger partial charge in [0.15, 0.2) is 0 Å².